The van der Waals surface area contributed by atoms with E-state index in [2.05, 4.69) is 20.6 Å². The fourth-order valence-corrected chi connectivity index (χ4v) is 3.30. The van der Waals surface area contributed by atoms with E-state index in [4.69, 9.17) is 40.2 Å². The second kappa shape index (κ2) is 10.2. The minimum Gasteiger partial charge on any atom is -0.346 e. The topological polar surface area (TPSA) is 90.2 Å². The van der Waals surface area contributed by atoms with Crippen LogP contribution in [0.25, 0.3) is 0 Å². The molecule has 0 aliphatic carbocycles. The summed E-state index contributed by atoms with van der Waals surface area (Å²) in [6, 6.07) is 14.9. The van der Waals surface area contributed by atoms with E-state index < -0.39 is 6.04 Å². The molecule has 0 fully saturated rings. The van der Waals surface area contributed by atoms with E-state index in [0.717, 1.165) is 17.6 Å². The molecule has 152 valence electrons. The molecule has 1 aromatic heterocycles. The van der Waals surface area contributed by atoms with Crippen LogP contribution in [0, 0.1) is 5.41 Å². The average Bonchev–Trinajstić information content (AvgIpc) is 2.74. The van der Waals surface area contributed by atoms with Crippen LogP contribution in [-0.2, 0) is 0 Å². The average molecular weight is 461 g/mol. The first-order valence-electron chi connectivity index (χ1n) is 8.72. The molecule has 9 heteroatoms. The summed E-state index contributed by atoms with van der Waals surface area (Å²) in [6.07, 6.45) is 3.78. The SMILES string of the molecule is N=C/N=C\Nc1ccc(C(=O)N[C@@H](c2ccc(Cl)cc2)c2ncc(Cl)cc2Cl)cc1. The van der Waals surface area contributed by atoms with Gasteiger partial charge in [0.2, 0.25) is 0 Å². The number of nitrogens with zero attached hydrogens (tertiary/aromatic N) is 2. The molecule has 0 aliphatic heterocycles. The Balaban J connectivity index is 1.87. The van der Waals surface area contributed by atoms with Crippen LogP contribution in [0.5, 0.6) is 0 Å². The van der Waals surface area contributed by atoms with Gasteiger partial charge in [-0.1, -0.05) is 46.9 Å². The number of rotatable bonds is 7. The Hall–Kier alpha value is -2.93. The van der Waals surface area contributed by atoms with Crippen molar-refractivity contribution in [3.05, 3.63) is 92.7 Å². The van der Waals surface area contributed by atoms with Gasteiger partial charge in [0.1, 0.15) is 6.34 Å². The zero-order valence-electron chi connectivity index (χ0n) is 15.4. The van der Waals surface area contributed by atoms with E-state index in [1.807, 2.05) is 0 Å². The maximum absolute atomic E-state index is 12.9. The van der Waals surface area contributed by atoms with Gasteiger partial charge in [-0.3, -0.25) is 15.2 Å². The largest absolute Gasteiger partial charge is 0.346 e. The minimum atomic E-state index is -0.600. The lowest BCUT2D eigenvalue weighted by Gasteiger charge is -2.20. The van der Waals surface area contributed by atoms with Gasteiger partial charge < -0.3 is 10.6 Å². The zero-order valence-corrected chi connectivity index (χ0v) is 17.7. The van der Waals surface area contributed by atoms with E-state index in [0.29, 0.717) is 26.3 Å². The van der Waals surface area contributed by atoms with Crippen molar-refractivity contribution < 1.29 is 4.79 Å². The van der Waals surface area contributed by atoms with Crippen molar-refractivity contribution in [2.45, 2.75) is 6.04 Å². The van der Waals surface area contributed by atoms with Gasteiger partial charge in [0, 0.05) is 22.5 Å². The third kappa shape index (κ3) is 5.57. The van der Waals surface area contributed by atoms with Gasteiger partial charge in [0.25, 0.3) is 5.91 Å². The molecule has 0 radical (unpaired) electrons. The number of nitrogens with one attached hydrogen (secondary N) is 3. The highest BCUT2D eigenvalue weighted by Gasteiger charge is 2.22. The molecule has 0 saturated heterocycles. The summed E-state index contributed by atoms with van der Waals surface area (Å²) < 4.78 is 0. The summed E-state index contributed by atoms with van der Waals surface area (Å²) in [4.78, 5) is 20.9. The summed E-state index contributed by atoms with van der Waals surface area (Å²) in [5.74, 6) is -0.303. The Bertz CT molecular complexity index is 1070. The smallest absolute Gasteiger partial charge is 0.252 e. The number of anilines is 1. The first-order valence-corrected chi connectivity index (χ1v) is 9.86. The quantitative estimate of drug-likeness (QED) is 0.316. The lowest BCUT2D eigenvalue weighted by Crippen LogP contribution is -2.30. The first-order chi connectivity index (χ1) is 14.5. The summed E-state index contributed by atoms with van der Waals surface area (Å²) in [5, 5.41) is 14.0. The van der Waals surface area contributed by atoms with Crippen LogP contribution in [0.2, 0.25) is 15.1 Å². The van der Waals surface area contributed by atoms with Gasteiger partial charge in [0.05, 0.1) is 28.1 Å². The number of hydrogen-bond acceptors (Lipinski definition) is 3. The number of amides is 1. The predicted molar refractivity (Wildman–Crippen MR) is 122 cm³/mol. The van der Waals surface area contributed by atoms with Crippen LogP contribution in [0.3, 0.4) is 0 Å². The standard InChI is InChI=1S/C21H16Cl3N5O/c22-15-5-1-13(2-6-15)19(20-18(24)9-16(23)10-27-20)29-21(30)14-3-7-17(8-4-14)28-12-26-11-25/h1-12,19H,(H,29,30)(H2,25,26,28)/t19-/m0/s1. The molecule has 3 N–H and O–H groups in total. The molecule has 1 amide bonds. The maximum atomic E-state index is 12.9. The lowest BCUT2D eigenvalue weighted by atomic mass is 10.0. The Morgan fingerprint density at radius 1 is 1.03 bits per heavy atom. The normalized spacial score (nSPS) is 11.8. The van der Waals surface area contributed by atoms with Crippen LogP contribution >= 0.6 is 34.8 Å². The number of aliphatic imine (C=N–C) groups is 1. The fraction of sp³-hybridized carbons (Fsp3) is 0.0476. The van der Waals surface area contributed by atoms with E-state index in [-0.39, 0.29) is 5.91 Å². The molecule has 2 aromatic carbocycles. The van der Waals surface area contributed by atoms with Crippen molar-refractivity contribution >= 4 is 59.1 Å². The lowest BCUT2D eigenvalue weighted by molar-refractivity contribution is 0.0942. The Morgan fingerprint density at radius 2 is 1.73 bits per heavy atom. The monoisotopic (exact) mass is 459 g/mol. The van der Waals surface area contributed by atoms with Gasteiger partial charge in [-0.2, -0.15) is 0 Å². The number of pyridine rings is 1. The van der Waals surface area contributed by atoms with Gasteiger partial charge >= 0.3 is 0 Å². The Morgan fingerprint density at radius 3 is 2.37 bits per heavy atom. The van der Waals surface area contributed by atoms with Crippen LogP contribution in [0.4, 0.5) is 5.69 Å². The molecule has 30 heavy (non-hydrogen) atoms. The molecule has 0 spiro atoms. The van der Waals surface area contributed by atoms with Crippen LogP contribution in [0.15, 0.2) is 65.8 Å². The number of halogens is 3. The number of carbonyl (C=O) groups is 1. The van der Waals surface area contributed by atoms with Crippen LogP contribution in [0.1, 0.15) is 27.7 Å². The summed E-state index contributed by atoms with van der Waals surface area (Å²) in [7, 11) is 0. The summed E-state index contributed by atoms with van der Waals surface area (Å²) in [6.45, 7) is 0. The van der Waals surface area contributed by atoms with Crippen molar-refractivity contribution in [2.75, 3.05) is 5.32 Å². The maximum Gasteiger partial charge on any atom is 0.252 e. The highest BCUT2D eigenvalue weighted by Crippen LogP contribution is 2.29. The number of benzene rings is 2. The molecule has 3 rings (SSSR count). The van der Waals surface area contributed by atoms with Crippen molar-refractivity contribution in [1.29, 1.82) is 5.41 Å². The minimum absolute atomic E-state index is 0.303. The van der Waals surface area contributed by atoms with Gasteiger partial charge in [-0.05, 0) is 48.0 Å². The number of aromatic nitrogens is 1. The zero-order chi connectivity index (χ0) is 21.5. The highest BCUT2D eigenvalue weighted by atomic mass is 35.5. The predicted octanol–water partition coefficient (Wildman–Crippen LogP) is 5.61. The summed E-state index contributed by atoms with van der Waals surface area (Å²) >= 11 is 18.3. The van der Waals surface area contributed by atoms with Crippen LogP contribution < -0.4 is 10.6 Å². The van der Waals surface area contributed by atoms with Crippen molar-refractivity contribution in [1.82, 2.24) is 10.3 Å². The van der Waals surface area contributed by atoms with E-state index >= 15 is 0 Å². The molecule has 0 saturated carbocycles. The molecule has 6 nitrogen and oxygen atoms in total. The Kier molecular flexibility index (Phi) is 7.41. The number of carbonyl (C=O) groups excluding carboxylic acids is 1. The fourth-order valence-electron chi connectivity index (χ4n) is 2.68. The molecule has 0 unspecified atom stereocenters. The first kappa shape index (κ1) is 21.8. The van der Waals surface area contributed by atoms with E-state index in [1.165, 1.54) is 12.5 Å². The number of hydrogen-bond donors (Lipinski definition) is 3. The van der Waals surface area contributed by atoms with Crippen molar-refractivity contribution in [3.63, 3.8) is 0 Å². The molecule has 1 heterocycles. The molecule has 0 aliphatic rings. The third-order valence-corrected chi connectivity index (χ3v) is 4.88. The van der Waals surface area contributed by atoms with Gasteiger partial charge in [-0.15, -0.1) is 0 Å². The molecule has 1 atom stereocenters. The Labute approximate surface area is 188 Å². The molecular formula is C21H16Cl3N5O. The summed E-state index contributed by atoms with van der Waals surface area (Å²) in [5.41, 5.74) is 2.42. The van der Waals surface area contributed by atoms with E-state index in [1.54, 1.807) is 54.6 Å². The van der Waals surface area contributed by atoms with Crippen molar-refractivity contribution in [2.24, 2.45) is 4.99 Å². The van der Waals surface area contributed by atoms with E-state index in [9.17, 15) is 4.79 Å². The molecule has 0 bridgehead atoms. The third-order valence-electron chi connectivity index (χ3n) is 4.12. The molecule has 3 aromatic rings. The van der Waals surface area contributed by atoms with Crippen LogP contribution in [-0.4, -0.2) is 23.6 Å². The highest BCUT2D eigenvalue weighted by molar-refractivity contribution is 6.34. The second-order valence-electron chi connectivity index (χ2n) is 6.11. The van der Waals surface area contributed by atoms with Gasteiger partial charge in [-0.25, -0.2) is 4.99 Å². The second-order valence-corrected chi connectivity index (χ2v) is 7.39. The van der Waals surface area contributed by atoms with Gasteiger partial charge in [0.15, 0.2) is 0 Å². The molecular weight excluding hydrogens is 445 g/mol. The van der Waals surface area contributed by atoms with Crippen molar-refractivity contribution in [3.8, 4) is 0 Å².